The van der Waals surface area contributed by atoms with E-state index in [1.54, 1.807) is 0 Å². The van der Waals surface area contributed by atoms with E-state index in [1.807, 2.05) is 24.8 Å². The van der Waals surface area contributed by atoms with Gasteiger partial charge in [0.05, 0.1) is 5.25 Å². The third-order valence-electron chi connectivity index (χ3n) is 4.65. The molecule has 2 fully saturated rings. The number of halogens is 1. The van der Waals surface area contributed by atoms with Crippen LogP contribution in [0.25, 0.3) is 0 Å². The van der Waals surface area contributed by atoms with Crippen LogP contribution in [0, 0.1) is 13.8 Å². The monoisotopic (exact) mass is 384 g/mol. The molecule has 2 saturated heterocycles. The van der Waals surface area contributed by atoms with Crippen molar-refractivity contribution in [2.75, 3.05) is 18.4 Å². The summed E-state index contributed by atoms with van der Waals surface area (Å²) < 4.78 is 13.2. The number of amides is 2. The maximum atomic E-state index is 12.6. The van der Waals surface area contributed by atoms with Crippen molar-refractivity contribution in [2.24, 2.45) is 0 Å². The van der Waals surface area contributed by atoms with Crippen molar-refractivity contribution in [1.29, 1.82) is 0 Å². The van der Waals surface area contributed by atoms with Gasteiger partial charge in [0.15, 0.2) is 0 Å². The highest BCUT2D eigenvalue weighted by atomic mass is 79.9. The molecule has 120 valence electrons. The highest BCUT2D eigenvalue weighted by molar-refractivity contribution is 9.10. The molecule has 2 heterocycles. The summed E-state index contributed by atoms with van der Waals surface area (Å²) in [5.41, 5.74) is 3.03. The number of likely N-dealkylation sites (tertiary alicyclic amines) is 1. The Morgan fingerprint density at radius 1 is 1.23 bits per heavy atom. The largest absolute Gasteiger partial charge is 0.323 e. The molecule has 6 heteroatoms. The van der Waals surface area contributed by atoms with E-state index in [9.17, 15) is 9.00 Å². The molecule has 1 N–H and O–H groups in total. The van der Waals surface area contributed by atoms with Crippen molar-refractivity contribution in [3.05, 3.63) is 27.7 Å². The molecular formula is C16H21BrN2O2S. The second-order valence-corrected chi connectivity index (χ2v) is 9.08. The zero-order valence-corrected chi connectivity index (χ0v) is 15.3. The van der Waals surface area contributed by atoms with Crippen LogP contribution in [0.4, 0.5) is 10.5 Å². The minimum absolute atomic E-state index is 0.0802. The van der Waals surface area contributed by atoms with Crippen LogP contribution in [0.15, 0.2) is 16.6 Å². The molecule has 3 unspecified atom stereocenters. The second-order valence-electron chi connectivity index (χ2n) is 6.23. The number of hydrogen-bond acceptors (Lipinski definition) is 2. The summed E-state index contributed by atoms with van der Waals surface area (Å²) >= 11 is 3.51. The number of fused-ring (bicyclic) bond motifs is 2. The fourth-order valence-corrected chi connectivity index (χ4v) is 5.57. The summed E-state index contributed by atoms with van der Waals surface area (Å²) in [5, 5.41) is 3.45. The molecule has 2 bridgehead atoms. The first-order valence-corrected chi connectivity index (χ1v) is 9.74. The Balaban J connectivity index is 1.72. The number of benzene rings is 1. The van der Waals surface area contributed by atoms with Gasteiger partial charge in [-0.25, -0.2) is 4.79 Å². The van der Waals surface area contributed by atoms with Gasteiger partial charge in [0.25, 0.3) is 0 Å². The number of urea groups is 1. The summed E-state index contributed by atoms with van der Waals surface area (Å²) in [7, 11) is -0.760. The third kappa shape index (κ3) is 3.08. The first-order chi connectivity index (χ1) is 10.5. The van der Waals surface area contributed by atoms with E-state index >= 15 is 0 Å². The fraction of sp³-hybridized carbons (Fsp3) is 0.562. The van der Waals surface area contributed by atoms with E-state index in [4.69, 9.17) is 0 Å². The summed E-state index contributed by atoms with van der Waals surface area (Å²) in [6, 6.07) is 3.92. The zero-order valence-electron chi connectivity index (χ0n) is 12.9. The standard InChI is InChI=1S/C16H21BrN2O2S/c1-10-7-11(2)15(8-14(10)17)18-16(20)19-6-5-12-3-4-13(9-19)22(12)21/h7-8,12-13H,3-6,9H2,1-2H3,(H,18,20). The second kappa shape index (κ2) is 6.32. The maximum absolute atomic E-state index is 12.6. The third-order valence-corrected chi connectivity index (χ3v) is 7.67. The predicted molar refractivity (Wildman–Crippen MR) is 93.8 cm³/mol. The van der Waals surface area contributed by atoms with Crippen molar-refractivity contribution in [3.63, 3.8) is 0 Å². The van der Waals surface area contributed by atoms with Crippen LogP contribution in [-0.2, 0) is 10.8 Å². The summed E-state index contributed by atoms with van der Waals surface area (Å²) in [6.45, 7) is 5.34. The highest BCUT2D eigenvalue weighted by Crippen LogP contribution is 2.30. The van der Waals surface area contributed by atoms with Crippen LogP contribution >= 0.6 is 15.9 Å². The van der Waals surface area contributed by atoms with Gasteiger partial charge in [-0.05, 0) is 50.3 Å². The highest BCUT2D eigenvalue weighted by Gasteiger charge is 2.38. The summed E-state index contributed by atoms with van der Waals surface area (Å²) in [5.74, 6) is 0. The van der Waals surface area contributed by atoms with E-state index in [2.05, 4.69) is 27.3 Å². The van der Waals surface area contributed by atoms with Crippen LogP contribution in [0.2, 0.25) is 0 Å². The number of carbonyl (C=O) groups is 1. The minimum Gasteiger partial charge on any atom is -0.323 e. The summed E-state index contributed by atoms with van der Waals surface area (Å²) in [4.78, 5) is 14.4. The topological polar surface area (TPSA) is 49.4 Å². The van der Waals surface area contributed by atoms with Crippen molar-refractivity contribution >= 4 is 38.4 Å². The molecular weight excluding hydrogens is 364 g/mol. The van der Waals surface area contributed by atoms with E-state index in [0.717, 1.165) is 40.5 Å². The Morgan fingerprint density at radius 2 is 1.95 bits per heavy atom. The number of carbonyl (C=O) groups excluding carboxylic acids is 1. The zero-order chi connectivity index (χ0) is 15.9. The number of rotatable bonds is 1. The molecule has 2 aliphatic heterocycles. The van der Waals surface area contributed by atoms with E-state index in [1.165, 1.54) is 0 Å². The Kier molecular flexibility index (Phi) is 4.59. The lowest BCUT2D eigenvalue weighted by Crippen LogP contribution is -2.40. The van der Waals surface area contributed by atoms with Crippen molar-refractivity contribution in [2.45, 2.75) is 43.6 Å². The maximum Gasteiger partial charge on any atom is 0.321 e. The number of nitrogens with one attached hydrogen (secondary N) is 1. The van der Waals surface area contributed by atoms with Gasteiger partial charge in [-0.1, -0.05) is 22.0 Å². The number of hydrogen-bond donors (Lipinski definition) is 1. The molecule has 3 atom stereocenters. The molecule has 1 aromatic carbocycles. The van der Waals surface area contributed by atoms with Gasteiger partial charge >= 0.3 is 6.03 Å². The van der Waals surface area contributed by atoms with Crippen LogP contribution < -0.4 is 5.32 Å². The van der Waals surface area contributed by atoms with Gasteiger partial charge in [-0.15, -0.1) is 0 Å². The molecule has 0 spiro atoms. The van der Waals surface area contributed by atoms with E-state index in [0.29, 0.717) is 13.1 Å². The minimum atomic E-state index is -0.760. The van der Waals surface area contributed by atoms with Gasteiger partial charge in [0.2, 0.25) is 0 Å². The Bertz CT molecular complexity index is 635. The normalized spacial score (nSPS) is 27.6. The van der Waals surface area contributed by atoms with Gasteiger partial charge in [0.1, 0.15) is 0 Å². The number of nitrogens with zero attached hydrogens (tertiary/aromatic N) is 1. The van der Waals surface area contributed by atoms with Gasteiger partial charge in [-0.3, -0.25) is 4.21 Å². The lowest BCUT2D eigenvalue weighted by Gasteiger charge is -2.25. The Hall–Kier alpha value is -0.880. The molecule has 0 radical (unpaired) electrons. The molecule has 3 rings (SSSR count). The predicted octanol–water partition coefficient (Wildman–Crippen LogP) is 3.58. The Labute approximate surface area is 142 Å². The Morgan fingerprint density at radius 3 is 2.73 bits per heavy atom. The van der Waals surface area contributed by atoms with Crippen LogP contribution in [0.5, 0.6) is 0 Å². The van der Waals surface area contributed by atoms with E-state index in [-0.39, 0.29) is 16.5 Å². The molecule has 1 aromatic rings. The van der Waals surface area contributed by atoms with Crippen molar-refractivity contribution in [3.8, 4) is 0 Å². The quantitative estimate of drug-likeness (QED) is 0.803. The molecule has 0 saturated carbocycles. The van der Waals surface area contributed by atoms with Crippen LogP contribution in [0.1, 0.15) is 30.4 Å². The number of anilines is 1. The van der Waals surface area contributed by atoms with Crippen LogP contribution in [-0.4, -0.2) is 38.7 Å². The molecule has 2 amide bonds. The average Bonchev–Trinajstić information content (AvgIpc) is 2.69. The van der Waals surface area contributed by atoms with Gasteiger partial charge < -0.3 is 10.2 Å². The van der Waals surface area contributed by atoms with Crippen LogP contribution in [0.3, 0.4) is 0 Å². The van der Waals surface area contributed by atoms with Gasteiger partial charge in [0, 0.05) is 39.3 Å². The van der Waals surface area contributed by atoms with Crippen molar-refractivity contribution in [1.82, 2.24) is 4.90 Å². The van der Waals surface area contributed by atoms with Crippen molar-refractivity contribution < 1.29 is 9.00 Å². The number of aryl methyl sites for hydroxylation is 2. The fourth-order valence-electron chi connectivity index (χ4n) is 3.28. The first-order valence-electron chi connectivity index (χ1n) is 7.67. The lowest BCUT2D eigenvalue weighted by molar-refractivity contribution is 0.209. The summed E-state index contributed by atoms with van der Waals surface area (Å²) in [6.07, 6.45) is 2.89. The smallest absolute Gasteiger partial charge is 0.321 e. The molecule has 0 aliphatic carbocycles. The van der Waals surface area contributed by atoms with Gasteiger partial charge in [-0.2, -0.15) is 0 Å². The van der Waals surface area contributed by atoms with E-state index < -0.39 is 10.8 Å². The SMILES string of the molecule is Cc1cc(C)c(NC(=O)N2CCC3CCC(C2)S3=O)cc1Br. The lowest BCUT2D eigenvalue weighted by atomic mass is 10.1. The first kappa shape index (κ1) is 16.0. The molecule has 22 heavy (non-hydrogen) atoms. The molecule has 0 aromatic heterocycles. The molecule has 4 nitrogen and oxygen atoms in total. The molecule has 2 aliphatic rings. The average molecular weight is 385 g/mol.